The van der Waals surface area contributed by atoms with Crippen molar-refractivity contribution in [2.75, 3.05) is 43.7 Å². The van der Waals surface area contributed by atoms with Gasteiger partial charge in [0.05, 0.1) is 36.4 Å². The highest BCUT2D eigenvalue weighted by molar-refractivity contribution is 7.92. The summed E-state index contributed by atoms with van der Waals surface area (Å²) in [5, 5.41) is 10.6. The maximum atomic E-state index is 13.1. The van der Waals surface area contributed by atoms with Crippen LogP contribution < -0.4 is 4.31 Å². The van der Waals surface area contributed by atoms with Gasteiger partial charge in [-0.25, -0.2) is 8.42 Å². The molecule has 0 radical (unpaired) electrons. The van der Waals surface area contributed by atoms with Gasteiger partial charge in [0.15, 0.2) is 0 Å². The molecule has 0 amide bonds. The van der Waals surface area contributed by atoms with Crippen LogP contribution in [0.1, 0.15) is 0 Å². The molecule has 0 aromatic heterocycles. The molecule has 2 aromatic rings. The number of benzene rings is 2. The first-order chi connectivity index (χ1) is 12.6. The molecule has 0 aliphatic carbocycles. The molecule has 1 N–H and O–H groups in total. The first-order valence-corrected chi connectivity index (χ1v) is 10.1. The standard InChI is InChI=1S/C19H24N2O4S/c22-18(15-20-11-13-25-14-12-20)16-21(17-7-3-1-4-8-17)26(23,24)19-9-5-2-6-10-19/h1-10,18,22H,11-16H2. The van der Waals surface area contributed by atoms with Crippen molar-refractivity contribution in [2.45, 2.75) is 11.0 Å². The van der Waals surface area contributed by atoms with E-state index in [0.29, 0.717) is 25.4 Å². The predicted octanol–water partition coefficient (Wildman–Crippen LogP) is 1.57. The summed E-state index contributed by atoms with van der Waals surface area (Å²) in [5.74, 6) is 0. The third-order valence-electron chi connectivity index (χ3n) is 4.32. The van der Waals surface area contributed by atoms with Gasteiger partial charge in [0.25, 0.3) is 10.0 Å². The average Bonchev–Trinajstić information content (AvgIpc) is 2.68. The summed E-state index contributed by atoms with van der Waals surface area (Å²) in [7, 11) is -3.76. The van der Waals surface area contributed by atoms with Gasteiger partial charge in [-0.15, -0.1) is 0 Å². The lowest BCUT2D eigenvalue weighted by molar-refractivity contribution is 0.0166. The average molecular weight is 376 g/mol. The normalized spacial score (nSPS) is 17.0. The van der Waals surface area contributed by atoms with E-state index in [1.807, 2.05) is 6.07 Å². The third-order valence-corrected chi connectivity index (χ3v) is 6.13. The molecular formula is C19H24N2O4S. The summed E-state index contributed by atoms with van der Waals surface area (Å²) in [5.41, 5.74) is 0.539. The van der Waals surface area contributed by atoms with Gasteiger partial charge < -0.3 is 9.84 Å². The van der Waals surface area contributed by atoms with E-state index >= 15 is 0 Å². The summed E-state index contributed by atoms with van der Waals surface area (Å²) in [6, 6.07) is 17.2. The lowest BCUT2D eigenvalue weighted by Crippen LogP contribution is -2.46. The number of para-hydroxylation sites is 1. The Hall–Kier alpha value is -1.93. The van der Waals surface area contributed by atoms with Crippen molar-refractivity contribution in [3.8, 4) is 0 Å². The summed E-state index contributed by atoms with van der Waals surface area (Å²) in [6.45, 7) is 3.17. The molecule has 2 aromatic carbocycles. The Morgan fingerprint density at radius 3 is 2.19 bits per heavy atom. The second-order valence-corrected chi connectivity index (χ2v) is 8.11. The molecule has 1 aliphatic rings. The van der Waals surface area contributed by atoms with Crippen molar-refractivity contribution in [3.05, 3.63) is 60.7 Å². The lowest BCUT2D eigenvalue weighted by Gasteiger charge is -2.31. The summed E-state index contributed by atoms with van der Waals surface area (Å²) in [4.78, 5) is 2.30. The van der Waals surface area contributed by atoms with E-state index in [1.165, 1.54) is 4.31 Å². The van der Waals surface area contributed by atoms with Crippen molar-refractivity contribution < 1.29 is 18.3 Å². The van der Waals surface area contributed by atoms with Gasteiger partial charge in [-0.05, 0) is 24.3 Å². The number of rotatable bonds is 7. The maximum absolute atomic E-state index is 13.1. The van der Waals surface area contributed by atoms with Crippen LogP contribution in [-0.4, -0.2) is 63.9 Å². The number of anilines is 1. The van der Waals surface area contributed by atoms with Crippen LogP contribution in [0.15, 0.2) is 65.6 Å². The van der Waals surface area contributed by atoms with Gasteiger partial charge in [-0.2, -0.15) is 0 Å². The summed E-state index contributed by atoms with van der Waals surface area (Å²) < 4.78 is 32.9. The van der Waals surface area contributed by atoms with Crippen LogP contribution in [0.3, 0.4) is 0 Å². The quantitative estimate of drug-likeness (QED) is 0.794. The molecule has 1 aliphatic heterocycles. The van der Waals surface area contributed by atoms with Gasteiger partial charge >= 0.3 is 0 Å². The van der Waals surface area contributed by atoms with Crippen LogP contribution in [0.5, 0.6) is 0 Å². The summed E-state index contributed by atoms with van der Waals surface area (Å²) in [6.07, 6.45) is -0.799. The van der Waals surface area contributed by atoms with Gasteiger partial charge in [-0.1, -0.05) is 36.4 Å². The van der Waals surface area contributed by atoms with Crippen LogP contribution in [0, 0.1) is 0 Å². The highest BCUT2D eigenvalue weighted by Gasteiger charge is 2.27. The molecule has 6 nitrogen and oxygen atoms in total. The van der Waals surface area contributed by atoms with Gasteiger partial charge in [0, 0.05) is 19.6 Å². The van der Waals surface area contributed by atoms with Gasteiger partial charge in [-0.3, -0.25) is 9.21 Å². The molecule has 26 heavy (non-hydrogen) atoms. The number of hydrogen-bond acceptors (Lipinski definition) is 5. The molecule has 1 saturated heterocycles. The van der Waals surface area contributed by atoms with Crippen LogP contribution in [-0.2, 0) is 14.8 Å². The molecule has 0 bridgehead atoms. The molecule has 1 heterocycles. The Kier molecular flexibility index (Phi) is 6.26. The number of sulfonamides is 1. The van der Waals surface area contributed by atoms with Crippen LogP contribution in [0.25, 0.3) is 0 Å². The lowest BCUT2D eigenvalue weighted by atomic mass is 10.2. The minimum Gasteiger partial charge on any atom is -0.390 e. The zero-order valence-corrected chi connectivity index (χ0v) is 15.4. The molecular weight excluding hydrogens is 352 g/mol. The van der Waals surface area contributed by atoms with E-state index in [1.54, 1.807) is 54.6 Å². The number of aliphatic hydroxyl groups is 1. The molecule has 140 valence electrons. The first kappa shape index (κ1) is 18.8. The topological polar surface area (TPSA) is 70.1 Å². The van der Waals surface area contributed by atoms with Crippen LogP contribution in [0.4, 0.5) is 5.69 Å². The van der Waals surface area contributed by atoms with E-state index in [2.05, 4.69) is 4.90 Å². The fraction of sp³-hybridized carbons (Fsp3) is 0.368. The number of nitrogens with zero attached hydrogens (tertiary/aromatic N) is 2. The largest absolute Gasteiger partial charge is 0.390 e. The fourth-order valence-electron chi connectivity index (χ4n) is 2.99. The maximum Gasteiger partial charge on any atom is 0.264 e. The van der Waals surface area contributed by atoms with Crippen LogP contribution in [0.2, 0.25) is 0 Å². The second-order valence-electron chi connectivity index (χ2n) is 6.25. The highest BCUT2D eigenvalue weighted by atomic mass is 32.2. The number of morpholine rings is 1. The Balaban J connectivity index is 1.82. The Morgan fingerprint density at radius 1 is 1.00 bits per heavy atom. The molecule has 0 spiro atoms. The van der Waals surface area contributed by atoms with E-state index < -0.39 is 16.1 Å². The smallest absolute Gasteiger partial charge is 0.264 e. The predicted molar refractivity (Wildman–Crippen MR) is 101 cm³/mol. The number of hydrogen-bond donors (Lipinski definition) is 1. The van der Waals surface area contributed by atoms with Gasteiger partial charge in [0.1, 0.15) is 0 Å². The molecule has 7 heteroatoms. The Labute approximate surface area is 154 Å². The van der Waals surface area contributed by atoms with Crippen molar-refractivity contribution >= 4 is 15.7 Å². The van der Waals surface area contributed by atoms with Crippen LogP contribution >= 0.6 is 0 Å². The first-order valence-electron chi connectivity index (χ1n) is 8.68. The second kappa shape index (κ2) is 8.64. The molecule has 0 saturated carbocycles. The fourth-order valence-corrected chi connectivity index (χ4v) is 4.51. The van der Waals surface area contributed by atoms with Gasteiger partial charge in [0.2, 0.25) is 0 Å². The SMILES string of the molecule is O=S(=O)(c1ccccc1)N(CC(O)CN1CCOCC1)c1ccccc1. The highest BCUT2D eigenvalue weighted by Crippen LogP contribution is 2.23. The zero-order chi connectivity index (χ0) is 18.4. The summed E-state index contributed by atoms with van der Waals surface area (Å²) >= 11 is 0. The van der Waals surface area contributed by atoms with E-state index in [-0.39, 0.29) is 11.4 Å². The monoisotopic (exact) mass is 376 g/mol. The molecule has 3 rings (SSSR count). The molecule has 1 fully saturated rings. The van der Waals surface area contributed by atoms with Crippen molar-refractivity contribution in [1.82, 2.24) is 4.90 Å². The minimum absolute atomic E-state index is 0.00139. The van der Waals surface area contributed by atoms with E-state index in [9.17, 15) is 13.5 Å². The van der Waals surface area contributed by atoms with Crippen molar-refractivity contribution in [1.29, 1.82) is 0 Å². The van der Waals surface area contributed by atoms with E-state index in [4.69, 9.17) is 4.74 Å². The Bertz CT molecular complexity index is 778. The molecule has 1 atom stereocenters. The molecule has 1 unspecified atom stereocenters. The zero-order valence-electron chi connectivity index (χ0n) is 14.6. The number of β-amino-alcohol motifs (C(OH)–C–C–N with tert-alkyl or cyclic N) is 1. The van der Waals surface area contributed by atoms with E-state index in [0.717, 1.165) is 13.1 Å². The van der Waals surface area contributed by atoms with Crippen molar-refractivity contribution in [2.24, 2.45) is 0 Å². The number of aliphatic hydroxyl groups excluding tert-OH is 1. The minimum atomic E-state index is -3.76. The number of ether oxygens (including phenoxy) is 1. The third kappa shape index (κ3) is 4.62. The van der Waals surface area contributed by atoms with Crippen molar-refractivity contribution in [3.63, 3.8) is 0 Å². The Morgan fingerprint density at radius 2 is 1.58 bits per heavy atom.